The van der Waals surface area contributed by atoms with Crippen LogP contribution < -0.4 is 0 Å². The largest absolute Gasteiger partial charge is 0.400 e. The number of aliphatic hydroxyl groups excluding tert-OH is 2. The van der Waals surface area contributed by atoms with Crippen LogP contribution >= 0.6 is 0 Å². The van der Waals surface area contributed by atoms with Crippen molar-refractivity contribution < 1.29 is 10.2 Å². The van der Waals surface area contributed by atoms with E-state index >= 15 is 0 Å². The van der Waals surface area contributed by atoms with E-state index in [0.717, 1.165) is 12.9 Å². The predicted molar refractivity (Wildman–Crippen MR) is 37.3 cm³/mol. The first-order valence-corrected chi connectivity index (χ1v) is 2.88. The average Bonchev–Trinajstić information content (AvgIpc) is 2.39. The van der Waals surface area contributed by atoms with Gasteiger partial charge in [0.2, 0.25) is 0 Å². The Morgan fingerprint density at radius 3 is 2.40 bits per heavy atom. The molecule has 0 fully saturated rings. The van der Waals surface area contributed by atoms with Gasteiger partial charge in [-0.1, -0.05) is 0 Å². The fourth-order valence-electron chi connectivity index (χ4n) is 0.553. The lowest BCUT2D eigenvalue weighted by molar-refractivity contribution is 0.207. The molecule has 0 atom stereocenters. The van der Waals surface area contributed by atoms with E-state index in [1.54, 1.807) is 17.0 Å². The fraction of sp³-hybridized carbons (Fsp3) is 0.500. The molecule has 1 aromatic heterocycles. The molecule has 0 saturated carbocycles. The second-order valence-electron chi connectivity index (χ2n) is 1.59. The topological polar surface area (TPSA) is 58.3 Å². The van der Waals surface area contributed by atoms with Crippen LogP contribution in [0, 0.1) is 6.92 Å². The van der Waals surface area contributed by atoms with Gasteiger partial charge in [-0.05, 0) is 6.92 Å². The molecule has 58 valence electrons. The van der Waals surface area contributed by atoms with Gasteiger partial charge in [-0.25, -0.2) is 4.98 Å². The Kier molecular flexibility index (Phi) is 4.53. The first-order valence-electron chi connectivity index (χ1n) is 2.88. The average molecular weight is 144 g/mol. The minimum absolute atomic E-state index is 0.0197. The molecular weight excluding hydrogens is 132 g/mol. The van der Waals surface area contributed by atoms with Gasteiger partial charge in [0.15, 0.2) is 0 Å². The summed E-state index contributed by atoms with van der Waals surface area (Å²) in [4.78, 5) is 3.89. The normalized spacial score (nSPS) is 8.40. The number of rotatable bonds is 1. The number of aliphatic hydroxyl groups is 2. The molecule has 0 aliphatic rings. The summed E-state index contributed by atoms with van der Waals surface area (Å²) in [6.07, 6.45) is 3.39. The lowest BCUT2D eigenvalue weighted by Gasteiger charge is -1.94. The van der Waals surface area contributed by atoms with Gasteiger partial charge in [0.05, 0.1) is 0 Å². The van der Waals surface area contributed by atoms with Gasteiger partial charge >= 0.3 is 0 Å². The van der Waals surface area contributed by atoms with Crippen molar-refractivity contribution in [3.8, 4) is 0 Å². The van der Waals surface area contributed by atoms with E-state index in [1.807, 2.05) is 6.92 Å². The highest BCUT2D eigenvalue weighted by Gasteiger charge is 1.89. The molecular formula is C6H12N2O2. The third kappa shape index (κ3) is 2.16. The van der Waals surface area contributed by atoms with Crippen molar-refractivity contribution in [2.45, 2.75) is 13.7 Å². The van der Waals surface area contributed by atoms with E-state index in [-0.39, 0.29) is 6.73 Å². The Morgan fingerprint density at radius 1 is 1.60 bits per heavy atom. The molecule has 1 rings (SSSR count). The molecule has 0 bridgehead atoms. The Balaban J connectivity index is 0.000000371. The van der Waals surface area contributed by atoms with Crippen molar-refractivity contribution in [2.24, 2.45) is 0 Å². The van der Waals surface area contributed by atoms with Crippen molar-refractivity contribution in [2.75, 3.05) is 7.11 Å². The van der Waals surface area contributed by atoms with Crippen LogP contribution in [0.1, 0.15) is 5.82 Å². The second-order valence-corrected chi connectivity index (χ2v) is 1.59. The summed E-state index contributed by atoms with van der Waals surface area (Å²) in [6, 6.07) is 0. The lowest BCUT2D eigenvalue weighted by Crippen LogP contribution is -1.96. The van der Waals surface area contributed by atoms with Crippen LogP contribution in [0.25, 0.3) is 0 Å². The number of aryl methyl sites for hydroxylation is 1. The molecule has 0 radical (unpaired) electrons. The first kappa shape index (κ1) is 9.13. The van der Waals surface area contributed by atoms with E-state index < -0.39 is 0 Å². The molecule has 4 heteroatoms. The zero-order valence-corrected chi connectivity index (χ0v) is 6.15. The number of imidazole rings is 1. The highest BCUT2D eigenvalue weighted by Crippen LogP contribution is 1.90. The van der Waals surface area contributed by atoms with E-state index in [9.17, 15) is 0 Å². The third-order valence-corrected chi connectivity index (χ3v) is 1.08. The van der Waals surface area contributed by atoms with Gasteiger partial charge in [0, 0.05) is 19.5 Å². The van der Waals surface area contributed by atoms with Gasteiger partial charge in [-0.3, -0.25) is 0 Å². The molecule has 2 N–H and O–H groups in total. The number of aromatic nitrogens is 2. The minimum atomic E-state index is 0.0197. The molecule has 1 heterocycles. The second kappa shape index (κ2) is 4.96. The van der Waals surface area contributed by atoms with Crippen LogP contribution in [0.4, 0.5) is 0 Å². The molecule has 0 aliphatic carbocycles. The molecule has 0 aliphatic heterocycles. The summed E-state index contributed by atoms with van der Waals surface area (Å²) in [5.74, 6) is 0.840. The van der Waals surface area contributed by atoms with Gasteiger partial charge in [0.1, 0.15) is 12.6 Å². The molecule has 10 heavy (non-hydrogen) atoms. The zero-order valence-electron chi connectivity index (χ0n) is 6.15. The summed E-state index contributed by atoms with van der Waals surface area (Å²) < 4.78 is 1.65. The maximum atomic E-state index is 8.53. The quantitative estimate of drug-likeness (QED) is 0.571. The molecule has 0 aromatic carbocycles. The third-order valence-electron chi connectivity index (χ3n) is 1.08. The molecule has 0 saturated heterocycles. The van der Waals surface area contributed by atoms with Crippen LogP contribution in [0.2, 0.25) is 0 Å². The molecule has 1 aromatic rings. The minimum Gasteiger partial charge on any atom is -0.400 e. The van der Waals surface area contributed by atoms with Gasteiger partial charge in [-0.15, -0.1) is 0 Å². The van der Waals surface area contributed by atoms with Gasteiger partial charge in [0.25, 0.3) is 0 Å². The van der Waals surface area contributed by atoms with Gasteiger partial charge < -0.3 is 14.8 Å². The van der Waals surface area contributed by atoms with Crippen LogP contribution in [-0.2, 0) is 6.73 Å². The standard InChI is InChI=1S/C5H8N2O.CH4O/c1-5-6-2-3-7(5)4-8;1-2/h2-3,8H,4H2,1H3;2H,1H3. The number of hydrogen-bond acceptors (Lipinski definition) is 3. The molecule has 0 spiro atoms. The lowest BCUT2D eigenvalue weighted by atomic mass is 10.7. The SMILES string of the molecule is CO.Cc1nccn1CO. The summed E-state index contributed by atoms with van der Waals surface area (Å²) in [5, 5.41) is 15.5. The number of hydrogen-bond donors (Lipinski definition) is 2. The van der Waals surface area contributed by atoms with Crippen molar-refractivity contribution in [3.05, 3.63) is 18.2 Å². The highest BCUT2D eigenvalue weighted by molar-refractivity contribution is 4.86. The monoisotopic (exact) mass is 144 g/mol. The van der Waals surface area contributed by atoms with Crippen LogP contribution in [0.15, 0.2) is 12.4 Å². The molecule has 4 nitrogen and oxygen atoms in total. The Morgan fingerprint density at radius 2 is 2.20 bits per heavy atom. The first-order chi connectivity index (χ1) is 4.84. The Hall–Kier alpha value is -0.870. The maximum Gasteiger partial charge on any atom is 0.120 e. The number of nitrogens with zero attached hydrogens (tertiary/aromatic N) is 2. The zero-order chi connectivity index (χ0) is 7.98. The predicted octanol–water partition coefficient (Wildman–Crippen LogP) is -0.250. The van der Waals surface area contributed by atoms with E-state index in [2.05, 4.69) is 4.98 Å². The van der Waals surface area contributed by atoms with Crippen molar-refractivity contribution in [1.29, 1.82) is 0 Å². The van der Waals surface area contributed by atoms with Crippen molar-refractivity contribution in [3.63, 3.8) is 0 Å². The summed E-state index contributed by atoms with van der Waals surface area (Å²) in [7, 11) is 1.00. The van der Waals surface area contributed by atoms with E-state index in [4.69, 9.17) is 10.2 Å². The van der Waals surface area contributed by atoms with E-state index in [0.29, 0.717) is 0 Å². The van der Waals surface area contributed by atoms with Crippen LogP contribution in [-0.4, -0.2) is 26.9 Å². The summed E-state index contributed by atoms with van der Waals surface area (Å²) in [5.41, 5.74) is 0. The Bertz CT molecular complexity index is 174. The van der Waals surface area contributed by atoms with E-state index in [1.165, 1.54) is 0 Å². The Labute approximate surface area is 59.8 Å². The fourth-order valence-corrected chi connectivity index (χ4v) is 0.553. The maximum absolute atomic E-state index is 8.53. The smallest absolute Gasteiger partial charge is 0.120 e. The van der Waals surface area contributed by atoms with Crippen LogP contribution in [0.5, 0.6) is 0 Å². The van der Waals surface area contributed by atoms with Crippen molar-refractivity contribution in [1.82, 2.24) is 9.55 Å². The molecule has 0 amide bonds. The summed E-state index contributed by atoms with van der Waals surface area (Å²) >= 11 is 0. The highest BCUT2D eigenvalue weighted by atomic mass is 16.3. The summed E-state index contributed by atoms with van der Waals surface area (Å²) in [6.45, 7) is 1.86. The molecule has 0 unspecified atom stereocenters. The van der Waals surface area contributed by atoms with Crippen LogP contribution in [0.3, 0.4) is 0 Å². The van der Waals surface area contributed by atoms with Crippen molar-refractivity contribution >= 4 is 0 Å². The van der Waals surface area contributed by atoms with Gasteiger partial charge in [-0.2, -0.15) is 0 Å².